The standard InChI is InChI=1S/C12H10N2O2S/c15-12(16)10-5-2-6-13-11(10)14-8-3-1-4-9(17)7-8/h1-7,17H,(H,13,14)(H,15,16). The van der Waals surface area contributed by atoms with Gasteiger partial charge in [0.05, 0.1) is 0 Å². The van der Waals surface area contributed by atoms with Gasteiger partial charge in [0.2, 0.25) is 0 Å². The maximum atomic E-state index is 11.0. The molecule has 0 fully saturated rings. The minimum absolute atomic E-state index is 0.136. The first-order valence-electron chi connectivity index (χ1n) is 4.91. The summed E-state index contributed by atoms with van der Waals surface area (Å²) in [6.07, 6.45) is 1.54. The monoisotopic (exact) mass is 246 g/mol. The fourth-order valence-corrected chi connectivity index (χ4v) is 1.62. The van der Waals surface area contributed by atoms with Gasteiger partial charge < -0.3 is 10.4 Å². The van der Waals surface area contributed by atoms with E-state index in [9.17, 15) is 4.79 Å². The van der Waals surface area contributed by atoms with Crippen LogP contribution in [0.5, 0.6) is 0 Å². The molecule has 0 atom stereocenters. The van der Waals surface area contributed by atoms with Gasteiger partial charge in [-0.3, -0.25) is 0 Å². The normalized spacial score (nSPS) is 9.94. The van der Waals surface area contributed by atoms with Crippen molar-refractivity contribution in [2.24, 2.45) is 0 Å². The molecule has 0 unspecified atom stereocenters. The Kier molecular flexibility index (Phi) is 3.30. The van der Waals surface area contributed by atoms with Gasteiger partial charge in [0.1, 0.15) is 11.4 Å². The Hall–Kier alpha value is -2.01. The zero-order valence-corrected chi connectivity index (χ0v) is 9.69. The minimum Gasteiger partial charge on any atom is -0.478 e. The number of rotatable bonds is 3. The lowest BCUT2D eigenvalue weighted by Gasteiger charge is -2.08. The van der Waals surface area contributed by atoms with E-state index in [0.717, 1.165) is 10.6 Å². The zero-order valence-electron chi connectivity index (χ0n) is 8.79. The summed E-state index contributed by atoms with van der Waals surface area (Å²) in [7, 11) is 0. The molecule has 0 bridgehead atoms. The van der Waals surface area contributed by atoms with Crippen LogP contribution in [0.4, 0.5) is 11.5 Å². The molecular formula is C12H10N2O2S. The first kappa shape index (κ1) is 11.5. The predicted octanol–water partition coefficient (Wildman–Crippen LogP) is 2.81. The maximum Gasteiger partial charge on any atom is 0.339 e. The molecule has 0 saturated heterocycles. The zero-order chi connectivity index (χ0) is 12.3. The number of thiol groups is 1. The van der Waals surface area contributed by atoms with Crippen molar-refractivity contribution in [1.82, 2.24) is 4.98 Å². The Morgan fingerprint density at radius 2 is 2.12 bits per heavy atom. The number of hydrogen-bond acceptors (Lipinski definition) is 4. The summed E-state index contributed by atoms with van der Waals surface area (Å²) in [6, 6.07) is 10.4. The third-order valence-electron chi connectivity index (χ3n) is 2.15. The number of aromatic nitrogens is 1. The lowest BCUT2D eigenvalue weighted by atomic mass is 10.2. The molecule has 0 amide bonds. The molecule has 2 N–H and O–H groups in total. The van der Waals surface area contributed by atoms with Crippen molar-refractivity contribution < 1.29 is 9.90 Å². The van der Waals surface area contributed by atoms with E-state index in [-0.39, 0.29) is 5.56 Å². The van der Waals surface area contributed by atoms with Crippen molar-refractivity contribution in [3.8, 4) is 0 Å². The number of carboxylic acids is 1. The van der Waals surface area contributed by atoms with Gasteiger partial charge in [-0.15, -0.1) is 12.6 Å². The molecule has 0 aliphatic heterocycles. The van der Waals surface area contributed by atoms with Crippen molar-refractivity contribution in [3.05, 3.63) is 48.2 Å². The lowest BCUT2D eigenvalue weighted by Crippen LogP contribution is -2.04. The first-order chi connectivity index (χ1) is 8.16. The molecule has 2 aromatic rings. The highest BCUT2D eigenvalue weighted by Crippen LogP contribution is 2.20. The molecule has 5 heteroatoms. The van der Waals surface area contributed by atoms with Crippen LogP contribution in [0.25, 0.3) is 0 Å². The van der Waals surface area contributed by atoms with Crippen LogP contribution in [0.2, 0.25) is 0 Å². The quantitative estimate of drug-likeness (QED) is 0.729. The number of carbonyl (C=O) groups is 1. The van der Waals surface area contributed by atoms with Crippen molar-refractivity contribution in [3.63, 3.8) is 0 Å². The molecule has 2 rings (SSSR count). The van der Waals surface area contributed by atoms with Gasteiger partial charge in [-0.1, -0.05) is 6.07 Å². The molecule has 0 spiro atoms. The second-order valence-corrected chi connectivity index (χ2v) is 3.90. The van der Waals surface area contributed by atoms with Gasteiger partial charge in [0.15, 0.2) is 0 Å². The van der Waals surface area contributed by atoms with E-state index in [2.05, 4.69) is 22.9 Å². The Balaban J connectivity index is 2.33. The summed E-state index contributed by atoms with van der Waals surface area (Å²) in [4.78, 5) is 15.8. The summed E-state index contributed by atoms with van der Waals surface area (Å²) in [5, 5.41) is 12.0. The van der Waals surface area contributed by atoms with Gasteiger partial charge >= 0.3 is 5.97 Å². The van der Waals surface area contributed by atoms with Crippen LogP contribution in [0.1, 0.15) is 10.4 Å². The average Bonchev–Trinajstić information content (AvgIpc) is 2.29. The highest BCUT2D eigenvalue weighted by atomic mass is 32.1. The van der Waals surface area contributed by atoms with E-state index < -0.39 is 5.97 Å². The summed E-state index contributed by atoms with van der Waals surface area (Å²) in [6.45, 7) is 0. The summed E-state index contributed by atoms with van der Waals surface area (Å²) >= 11 is 4.21. The van der Waals surface area contributed by atoms with E-state index in [0.29, 0.717) is 5.82 Å². The van der Waals surface area contributed by atoms with Crippen LogP contribution in [-0.2, 0) is 0 Å². The third-order valence-corrected chi connectivity index (χ3v) is 2.43. The number of nitrogens with zero attached hydrogens (tertiary/aromatic N) is 1. The largest absolute Gasteiger partial charge is 0.478 e. The van der Waals surface area contributed by atoms with Crippen molar-refractivity contribution in [2.45, 2.75) is 4.90 Å². The number of pyridine rings is 1. The topological polar surface area (TPSA) is 62.2 Å². The van der Waals surface area contributed by atoms with Crippen molar-refractivity contribution >= 4 is 30.1 Å². The third kappa shape index (κ3) is 2.76. The van der Waals surface area contributed by atoms with E-state index in [4.69, 9.17) is 5.11 Å². The van der Waals surface area contributed by atoms with Crippen LogP contribution in [0.3, 0.4) is 0 Å². The second kappa shape index (κ2) is 4.88. The summed E-state index contributed by atoms with van der Waals surface area (Å²) in [5.41, 5.74) is 0.885. The lowest BCUT2D eigenvalue weighted by molar-refractivity contribution is 0.0697. The van der Waals surface area contributed by atoms with E-state index in [1.807, 2.05) is 18.2 Å². The Morgan fingerprint density at radius 3 is 2.82 bits per heavy atom. The molecule has 1 aromatic heterocycles. The Bertz CT molecular complexity index is 558. The summed E-state index contributed by atoms with van der Waals surface area (Å²) < 4.78 is 0. The predicted molar refractivity (Wildman–Crippen MR) is 68.2 cm³/mol. The molecular weight excluding hydrogens is 236 g/mol. The van der Waals surface area contributed by atoms with Gasteiger partial charge in [-0.25, -0.2) is 9.78 Å². The number of nitrogens with one attached hydrogen (secondary N) is 1. The van der Waals surface area contributed by atoms with Crippen molar-refractivity contribution in [1.29, 1.82) is 0 Å². The van der Waals surface area contributed by atoms with Crippen LogP contribution in [-0.4, -0.2) is 16.1 Å². The van der Waals surface area contributed by atoms with Gasteiger partial charge in [0, 0.05) is 16.8 Å². The second-order valence-electron chi connectivity index (χ2n) is 3.38. The highest BCUT2D eigenvalue weighted by molar-refractivity contribution is 7.80. The van der Waals surface area contributed by atoms with Crippen LogP contribution < -0.4 is 5.32 Å². The number of benzene rings is 1. The fraction of sp³-hybridized carbons (Fsp3) is 0. The molecule has 0 aliphatic carbocycles. The Morgan fingerprint density at radius 1 is 1.29 bits per heavy atom. The number of hydrogen-bond donors (Lipinski definition) is 3. The van der Waals surface area contributed by atoms with Gasteiger partial charge in [-0.2, -0.15) is 0 Å². The molecule has 0 aliphatic rings. The first-order valence-corrected chi connectivity index (χ1v) is 5.36. The molecule has 86 valence electrons. The average molecular weight is 246 g/mol. The smallest absolute Gasteiger partial charge is 0.339 e. The van der Waals surface area contributed by atoms with E-state index in [1.54, 1.807) is 18.3 Å². The number of anilines is 2. The SMILES string of the molecule is O=C(O)c1cccnc1Nc1cccc(S)c1. The molecule has 1 aromatic carbocycles. The van der Waals surface area contributed by atoms with E-state index in [1.165, 1.54) is 6.07 Å². The summed E-state index contributed by atoms with van der Waals surface area (Å²) in [5.74, 6) is -0.693. The fourth-order valence-electron chi connectivity index (χ4n) is 1.40. The maximum absolute atomic E-state index is 11.0. The molecule has 4 nitrogen and oxygen atoms in total. The van der Waals surface area contributed by atoms with E-state index >= 15 is 0 Å². The van der Waals surface area contributed by atoms with Gasteiger partial charge in [0.25, 0.3) is 0 Å². The van der Waals surface area contributed by atoms with Crippen LogP contribution >= 0.6 is 12.6 Å². The van der Waals surface area contributed by atoms with Crippen LogP contribution in [0, 0.1) is 0 Å². The van der Waals surface area contributed by atoms with Crippen LogP contribution in [0.15, 0.2) is 47.5 Å². The molecule has 1 heterocycles. The van der Waals surface area contributed by atoms with Gasteiger partial charge in [-0.05, 0) is 30.3 Å². The van der Waals surface area contributed by atoms with Crippen molar-refractivity contribution in [2.75, 3.05) is 5.32 Å². The number of carboxylic acid groups (broad SMARTS) is 1. The Labute approximate surface area is 104 Å². The minimum atomic E-state index is -1.01. The highest BCUT2D eigenvalue weighted by Gasteiger charge is 2.10. The molecule has 17 heavy (non-hydrogen) atoms. The molecule has 0 saturated carbocycles. The number of aromatic carboxylic acids is 1. The molecule has 0 radical (unpaired) electrons.